The van der Waals surface area contributed by atoms with Crippen LogP contribution in [0.5, 0.6) is 5.75 Å². The second-order valence-corrected chi connectivity index (χ2v) is 13.0. The minimum atomic E-state index is -4.12. The molecule has 0 aliphatic heterocycles. The number of anilines is 1. The van der Waals surface area contributed by atoms with Crippen molar-refractivity contribution in [3.63, 3.8) is 0 Å². The summed E-state index contributed by atoms with van der Waals surface area (Å²) in [5.41, 5.74) is 2.26. The number of nitrogens with zero attached hydrogens (tertiary/aromatic N) is 2. The third-order valence-corrected chi connectivity index (χ3v) is 8.42. The summed E-state index contributed by atoms with van der Waals surface area (Å²) in [6.45, 7) is 10.8. The number of hydrogen-bond acceptors (Lipinski definition) is 5. The molecule has 0 aromatic heterocycles. The molecule has 3 aromatic carbocycles. The first-order valence-electron chi connectivity index (χ1n) is 13.7. The van der Waals surface area contributed by atoms with Crippen molar-refractivity contribution in [2.75, 3.05) is 18.0 Å². The molecule has 0 aliphatic rings. The van der Waals surface area contributed by atoms with E-state index in [0.29, 0.717) is 23.4 Å². The van der Waals surface area contributed by atoms with Crippen LogP contribution in [0.25, 0.3) is 0 Å². The zero-order chi connectivity index (χ0) is 30.4. The van der Waals surface area contributed by atoms with E-state index in [1.165, 1.54) is 4.90 Å². The maximum atomic E-state index is 14.2. The second kappa shape index (κ2) is 13.2. The minimum Gasteiger partial charge on any atom is -0.497 e. The molecule has 3 rings (SSSR count). The van der Waals surface area contributed by atoms with Crippen molar-refractivity contribution in [1.82, 2.24) is 10.2 Å². The molecular formula is C32H41N3O5S. The number of amides is 2. The van der Waals surface area contributed by atoms with Crippen LogP contribution in [-0.2, 0) is 26.2 Å². The van der Waals surface area contributed by atoms with Gasteiger partial charge in [0.15, 0.2) is 0 Å². The van der Waals surface area contributed by atoms with Gasteiger partial charge >= 0.3 is 0 Å². The molecule has 3 aromatic rings. The molecule has 0 spiro atoms. The Bertz CT molecular complexity index is 1460. The standard InChI is InChI=1S/C32H41N3O5S/c1-8-28(31(37)33-32(4,5)6)34(21-25-13-11-14-26(20-25)40-7)30(36)22-35(29-15-10-9-12-24(29)3)41(38,39)27-18-16-23(2)17-19-27/h9-20,28H,8,21-22H2,1-7H3,(H,33,37). The van der Waals surface area contributed by atoms with Crippen LogP contribution in [0.1, 0.15) is 50.8 Å². The predicted octanol–water partition coefficient (Wildman–Crippen LogP) is 5.23. The predicted molar refractivity (Wildman–Crippen MR) is 162 cm³/mol. The fourth-order valence-corrected chi connectivity index (χ4v) is 6.01. The average molecular weight is 580 g/mol. The summed E-state index contributed by atoms with van der Waals surface area (Å²) in [5, 5.41) is 2.98. The average Bonchev–Trinajstić information content (AvgIpc) is 2.91. The number of rotatable bonds is 11. The van der Waals surface area contributed by atoms with Crippen molar-refractivity contribution in [2.45, 2.75) is 71.0 Å². The molecule has 0 heterocycles. The van der Waals surface area contributed by atoms with E-state index >= 15 is 0 Å². The van der Waals surface area contributed by atoms with Crippen LogP contribution in [-0.4, -0.2) is 50.4 Å². The van der Waals surface area contributed by atoms with Gasteiger partial charge in [-0.25, -0.2) is 8.42 Å². The molecule has 1 unspecified atom stereocenters. The lowest BCUT2D eigenvalue weighted by Gasteiger charge is -2.35. The number of hydrogen-bond donors (Lipinski definition) is 1. The monoisotopic (exact) mass is 579 g/mol. The molecule has 41 heavy (non-hydrogen) atoms. The first-order chi connectivity index (χ1) is 19.3. The van der Waals surface area contributed by atoms with E-state index in [1.54, 1.807) is 68.6 Å². The minimum absolute atomic E-state index is 0.0796. The fraction of sp³-hybridized carbons (Fsp3) is 0.375. The number of carbonyl (C=O) groups is 2. The zero-order valence-electron chi connectivity index (χ0n) is 25.0. The molecular weight excluding hydrogens is 538 g/mol. The number of benzene rings is 3. The molecule has 8 nitrogen and oxygen atoms in total. The number of sulfonamides is 1. The Morgan fingerprint density at radius 1 is 0.951 bits per heavy atom. The SMILES string of the molecule is CCC(C(=O)NC(C)(C)C)N(Cc1cccc(OC)c1)C(=O)CN(c1ccccc1C)S(=O)(=O)c1ccc(C)cc1. The highest BCUT2D eigenvalue weighted by molar-refractivity contribution is 7.92. The largest absolute Gasteiger partial charge is 0.497 e. The molecule has 220 valence electrons. The van der Waals surface area contributed by atoms with Gasteiger partial charge in [0.2, 0.25) is 11.8 Å². The van der Waals surface area contributed by atoms with Crippen molar-refractivity contribution >= 4 is 27.5 Å². The molecule has 9 heteroatoms. The van der Waals surface area contributed by atoms with E-state index in [9.17, 15) is 18.0 Å². The van der Waals surface area contributed by atoms with Gasteiger partial charge in [0.25, 0.3) is 10.0 Å². The number of nitrogens with one attached hydrogen (secondary N) is 1. The van der Waals surface area contributed by atoms with Crippen LogP contribution in [0.2, 0.25) is 0 Å². The van der Waals surface area contributed by atoms with Crippen molar-refractivity contribution in [3.8, 4) is 5.75 Å². The summed E-state index contributed by atoms with van der Waals surface area (Å²) in [7, 11) is -2.56. The van der Waals surface area contributed by atoms with Crippen LogP contribution < -0.4 is 14.4 Å². The molecule has 2 amide bonds. The highest BCUT2D eigenvalue weighted by Crippen LogP contribution is 2.28. The fourth-order valence-electron chi connectivity index (χ4n) is 4.53. The van der Waals surface area contributed by atoms with Crippen LogP contribution in [0.15, 0.2) is 77.7 Å². The van der Waals surface area contributed by atoms with E-state index in [1.807, 2.05) is 52.8 Å². The van der Waals surface area contributed by atoms with Crippen LogP contribution in [0, 0.1) is 13.8 Å². The van der Waals surface area contributed by atoms with Gasteiger partial charge in [0, 0.05) is 12.1 Å². The van der Waals surface area contributed by atoms with E-state index in [0.717, 1.165) is 15.4 Å². The Morgan fingerprint density at radius 3 is 2.20 bits per heavy atom. The third kappa shape index (κ3) is 8.10. The number of ether oxygens (including phenoxy) is 1. The Kier molecular flexibility index (Phi) is 10.2. The third-order valence-electron chi connectivity index (χ3n) is 6.64. The Morgan fingerprint density at radius 2 is 1.61 bits per heavy atom. The molecule has 0 bridgehead atoms. The van der Waals surface area contributed by atoms with E-state index < -0.39 is 34.1 Å². The van der Waals surface area contributed by atoms with E-state index in [2.05, 4.69) is 5.32 Å². The van der Waals surface area contributed by atoms with Gasteiger partial charge in [-0.1, -0.05) is 55.0 Å². The highest BCUT2D eigenvalue weighted by Gasteiger charge is 2.35. The van der Waals surface area contributed by atoms with Crippen molar-refractivity contribution in [3.05, 3.63) is 89.5 Å². The van der Waals surface area contributed by atoms with Crippen LogP contribution in [0.3, 0.4) is 0 Å². The quantitative estimate of drug-likeness (QED) is 0.336. The lowest BCUT2D eigenvalue weighted by molar-refractivity contribution is -0.141. The Hall–Kier alpha value is -3.85. The summed E-state index contributed by atoms with van der Waals surface area (Å²) in [5.74, 6) is -0.187. The van der Waals surface area contributed by atoms with Gasteiger partial charge in [-0.3, -0.25) is 13.9 Å². The molecule has 0 aliphatic carbocycles. The topological polar surface area (TPSA) is 96.0 Å². The summed E-state index contributed by atoms with van der Waals surface area (Å²) in [6.07, 6.45) is 0.340. The highest BCUT2D eigenvalue weighted by atomic mass is 32.2. The Labute approximate surface area is 244 Å². The normalized spacial score (nSPS) is 12.4. The van der Waals surface area contributed by atoms with Crippen molar-refractivity contribution in [2.24, 2.45) is 0 Å². The second-order valence-electron chi connectivity index (χ2n) is 11.1. The molecule has 1 atom stereocenters. The lowest BCUT2D eigenvalue weighted by Crippen LogP contribution is -2.55. The van der Waals surface area contributed by atoms with E-state index in [-0.39, 0.29) is 17.3 Å². The number of aryl methyl sites for hydroxylation is 2. The van der Waals surface area contributed by atoms with Gasteiger partial charge in [-0.15, -0.1) is 0 Å². The van der Waals surface area contributed by atoms with Gasteiger partial charge in [0.05, 0.1) is 17.7 Å². The van der Waals surface area contributed by atoms with Gasteiger partial charge < -0.3 is 15.0 Å². The van der Waals surface area contributed by atoms with Crippen LogP contribution >= 0.6 is 0 Å². The smallest absolute Gasteiger partial charge is 0.264 e. The first kappa shape index (κ1) is 31.7. The Balaban J connectivity index is 2.09. The number of carbonyl (C=O) groups excluding carboxylic acids is 2. The molecule has 0 radical (unpaired) electrons. The van der Waals surface area contributed by atoms with Crippen LogP contribution in [0.4, 0.5) is 5.69 Å². The summed E-state index contributed by atoms with van der Waals surface area (Å²) in [6, 6.07) is 20.0. The maximum absolute atomic E-state index is 14.2. The molecule has 1 N–H and O–H groups in total. The van der Waals surface area contributed by atoms with E-state index in [4.69, 9.17) is 4.74 Å². The van der Waals surface area contributed by atoms with Gasteiger partial charge in [-0.05, 0) is 82.5 Å². The lowest BCUT2D eigenvalue weighted by atomic mass is 10.1. The summed E-state index contributed by atoms with van der Waals surface area (Å²) >= 11 is 0. The maximum Gasteiger partial charge on any atom is 0.264 e. The summed E-state index contributed by atoms with van der Waals surface area (Å²) < 4.78 is 34.5. The number of para-hydroxylation sites is 1. The van der Waals surface area contributed by atoms with Gasteiger partial charge in [0.1, 0.15) is 18.3 Å². The first-order valence-corrected chi connectivity index (χ1v) is 15.1. The molecule has 0 saturated carbocycles. The summed E-state index contributed by atoms with van der Waals surface area (Å²) in [4.78, 5) is 29.2. The molecule has 0 saturated heterocycles. The van der Waals surface area contributed by atoms with Gasteiger partial charge in [-0.2, -0.15) is 0 Å². The van der Waals surface area contributed by atoms with Crippen molar-refractivity contribution in [1.29, 1.82) is 0 Å². The molecule has 0 fully saturated rings. The number of methoxy groups -OCH3 is 1. The van der Waals surface area contributed by atoms with Crippen molar-refractivity contribution < 1.29 is 22.7 Å². The zero-order valence-corrected chi connectivity index (χ0v) is 25.8.